The summed E-state index contributed by atoms with van der Waals surface area (Å²) in [5, 5.41) is 8.62. The number of nitrogens with one attached hydrogen (secondary N) is 3. The molecule has 5 nitrogen and oxygen atoms in total. The number of rotatable bonds is 5. The number of carbonyl (C=O) groups excluding carboxylic acids is 2. The van der Waals surface area contributed by atoms with Crippen molar-refractivity contribution in [1.29, 1.82) is 0 Å². The first-order chi connectivity index (χ1) is 14.0. The van der Waals surface area contributed by atoms with Gasteiger partial charge in [-0.05, 0) is 60.2 Å². The van der Waals surface area contributed by atoms with Gasteiger partial charge < -0.3 is 10.6 Å². The van der Waals surface area contributed by atoms with Crippen LogP contribution in [-0.4, -0.2) is 16.9 Å². The van der Waals surface area contributed by atoms with E-state index in [1.54, 1.807) is 42.5 Å². The summed E-state index contributed by atoms with van der Waals surface area (Å²) in [7, 11) is 0. The van der Waals surface area contributed by atoms with Crippen molar-refractivity contribution in [2.75, 3.05) is 5.32 Å². The van der Waals surface area contributed by atoms with Gasteiger partial charge in [-0.15, -0.1) is 0 Å². The zero-order valence-corrected chi connectivity index (χ0v) is 17.7. The average Bonchev–Trinajstić information content (AvgIpc) is 2.73. The normalized spacial score (nSPS) is 10.1. The highest BCUT2D eigenvalue weighted by Crippen LogP contribution is 2.12. The van der Waals surface area contributed by atoms with Crippen molar-refractivity contribution in [3.8, 4) is 0 Å². The summed E-state index contributed by atoms with van der Waals surface area (Å²) in [5.41, 5.74) is 2.74. The highest BCUT2D eigenvalue weighted by atomic mass is 79.9. The van der Waals surface area contributed by atoms with Crippen molar-refractivity contribution in [1.82, 2.24) is 10.6 Å². The van der Waals surface area contributed by atoms with Crippen LogP contribution in [0.5, 0.6) is 0 Å². The molecular formula is C22H18BrN3O2S. The predicted octanol–water partition coefficient (Wildman–Crippen LogP) is 4.51. The van der Waals surface area contributed by atoms with Gasteiger partial charge in [-0.25, -0.2) is 0 Å². The van der Waals surface area contributed by atoms with Gasteiger partial charge in [0.25, 0.3) is 11.8 Å². The van der Waals surface area contributed by atoms with E-state index < -0.39 is 0 Å². The summed E-state index contributed by atoms with van der Waals surface area (Å²) >= 11 is 8.52. The molecule has 0 aliphatic rings. The Balaban J connectivity index is 1.52. The second-order valence-electron chi connectivity index (χ2n) is 6.16. The number of benzene rings is 3. The number of anilines is 1. The van der Waals surface area contributed by atoms with Crippen molar-refractivity contribution in [3.63, 3.8) is 0 Å². The van der Waals surface area contributed by atoms with Gasteiger partial charge in [0.2, 0.25) is 0 Å². The van der Waals surface area contributed by atoms with Gasteiger partial charge >= 0.3 is 0 Å². The van der Waals surface area contributed by atoms with E-state index in [0.717, 1.165) is 10.0 Å². The molecule has 0 aliphatic heterocycles. The lowest BCUT2D eigenvalue weighted by molar-refractivity contribution is 0.0948. The molecule has 0 atom stereocenters. The molecule has 3 N–H and O–H groups in total. The summed E-state index contributed by atoms with van der Waals surface area (Å²) < 4.78 is 0.810. The quantitative estimate of drug-likeness (QED) is 0.482. The van der Waals surface area contributed by atoms with Crippen LogP contribution in [0.25, 0.3) is 0 Å². The molecule has 3 aromatic rings. The second-order valence-corrected chi connectivity index (χ2v) is 7.49. The summed E-state index contributed by atoms with van der Waals surface area (Å²) in [4.78, 5) is 24.5. The maximum absolute atomic E-state index is 12.3. The Hall–Kier alpha value is -3.03. The van der Waals surface area contributed by atoms with Gasteiger partial charge in [-0.1, -0.05) is 52.3 Å². The van der Waals surface area contributed by atoms with E-state index in [4.69, 9.17) is 12.2 Å². The van der Waals surface area contributed by atoms with E-state index in [9.17, 15) is 9.59 Å². The smallest absolute Gasteiger partial charge is 0.257 e. The van der Waals surface area contributed by atoms with Crippen LogP contribution in [0.3, 0.4) is 0 Å². The molecule has 0 unspecified atom stereocenters. The average molecular weight is 468 g/mol. The largest absolute Gasteiger partial charge is 0.348 e. The molecule has 0 spiro atoms. The van der Waals surface area contributed by atoms with Crippen molar-refractivity contribution in [3.05, 3.63) is 100 Å². The first kappa shape index (κ1) is 20.7. The monoisotopic (exact) mass is 467 g/mol. The molecule has 0 radical (unpaired) electrons. The van der Waals surface area contributed by atoms with E-state index in [1.807, 2.05) is 36.4 Å². The van der Waals surface area contributed by atoms with Crippen molar-refractivity contribution >= 4 is 50.8 Å². The van der Waals surface area contributed by atoms with E-state index >= 15 is 0 Å². The Morgan fingerprint density at radius 1 is 0.828 bits per heavy atom. The number of amides is 2. The van der Waals surface area contributed by atoms with Crippen LogP contribution in [0, 0.1) is 0 Å². The van der Waals surface area contributed by atoms with Gasteiger partial charge in [-0.3, -0.25) is 14.9 Å². The van der Waals surface area contributed by atoms with Crippen LogP contribution in [0.15, 0.2) is 83.3 Å². The van der Waals surface area contributed by atoms with E-state index in [2.05, 4.69) is 31.9 Å². The molecule has 2 amide bonds. The Kier molecular flexibility index (Phi) is 7.10. The van der Waals surface area contributed by atoms with Crippen LogP contribution in [0.2, 0.25) is 0 Å². The maximum atomic E-state index is 12.3. The van der Waals surface area contributed by atoms with E-state index in [0.29, 0.717) is 23.4 Å². The van der Waals surface area contributed by atoms with Gasteiger partial charge in [0.15, 0.2) is 5.11 Å². The molecule has 0 aromatic heterocycles. The number of hydrogen-bond donors (Lipinski definition) is 3. The number of halogens is 1. The van der Waals surface area contributed by atoms with Gasteiger partial charge in [0, 0.05) is 27.8 Å². The van der Waals surface area contributed by atoms with E-state index in [1.165, 1.54) is 0 Å². The molecule has 3 aromatic carbocycles. The Bertz CT molecular complexity index is 1020. The van der Waals surface area contributed by atoms with Gasteiger partial charge in [0.1, 0.15) is 0 Å². The Morgan fingerprint density at radius 2 is 1.55 bits per heavy atom. The van der Waals surface area contributed by atoms with Gasteiger partial charge in [0.05, 0.1) is 0 Å². The van der Waals surface area contributed by atoms with Crippen molar-refractivity contribution in [2.24, 2.45) is 0 Å². The maximum Gasteiger partial charge on any atom is 0.257 e. The molecular weight excluding hydrogens is 450 g/mol. The third kappa shape index (κ3) is 6.23. The highest BCUT2D eigenvalue weighted by molar-refractivity contribution is 9.10. The molecule has 0 saturated carbocycles. The zero-order chi connectivity index (χ0) is 20.6. The number of carbonyl (C=O) groups is 2. The van der Waals surface area contributed by atoms with Crippen LogP contribution < -0.4 is 16.0 Å². The fourth-order valence-corrected chi connectivity index (χ4v) is 3.16. The molecule has 0 bridgehead atoms. The van der Waals surface area contributed by atoms with Crippen LogP contribution in [-0.2, 0) is 6.54 Å². The lowest BCUT2D eigenvalue weighted by atomic mass is 10.2. The minimum atomic E-state index is -0.305. The fourth-order valence-electron chi connectivity index (χ4n) is 2.55. The van der Waals surface area contributed by atoms with Crippen LogP contribution in [0.1, 0.15) is 26.3 Å². The summed E-state index contributed by atoms with van der Waals surface area (Å²) in [5.74, 6) is -0.466. The van der Waals surface area contributed by atoms with Crippen molar-refractivity contribution < 1.29 is 9.59 Å². The SMILES string of the molecule is O=C(NCc1ccccc1)c1ccc(NC(=S)NC(=O)c2cccc(Br)c2)cc1. The first-order valence-electron chi connectivity index (χ1n) is 8.81. The number of thiocarbonyl (C=S) groups is 1. The van der Waals surface area contributed by atoms with Crippen LogP contribution in [0.4, 0.5) is 5.69 Å². The molecule has 0 fully saturated rings. The summed E-state index contributed by atoms with van der Waals surface area (Å²) in [6.07, 6.45) is 0. The predicted molar refractivity (Wildman–Crippen MR) is 122 cm³/mol. The Morgan fingerprint density at radius 3 is 2.24 bits per heavy atom. The molecule has 0 saturated heterocycles. The molecule has 7 heteroatoms. The minimum Gasteiger partial charge on any atom is -0.348 e. The molecule has 3 rings (SSSR count). The van der Waals surface area contributed by atoms with Crippen LogP contribution >= 0.6 is 28.1 Å². The van der Waals surface area contributed by atoms with E-state index in [-0.39, 0.29) is 16.9 Å². The summed E-state index contributed by atoms with van der Waals surface area (Å²) in [6, 6.07) is 23.6. The molecule has 146 valence electrons. The third-order valence-corrected chi connectivity index (χ3v) is 4.71. The molecule has 29 heavy (non-hydrogen) atoms. The topological polar surface area (TPSA) is 70.2 Å². The number of hydrogen-bond acceptors (Lipinski definition) is 3. The lowest BCUT2D eigenvalue weighted by Crippen LogP contribution is -2.34. The lowest BCUT2D eigenvalue weighted by Gasteiger charge is -2.11. The molecule has 0 heterocycles. The highest BCUT2D eigenvalue weighted by Gasteiger charge is 2.09. The standard InChI is InChI=1S/C22H18BrN3O2S/c23-18-8-4-7-17(13-18)21(28)26-22(29)25-19-11-9-16(10-12-19)20(27)24-14-15-5-2-1-3-6-15/h1-13H,14H2,(H,24,27)(H2,25,26,28,29). The fraction of sp³-hybridized carbons (Fsp3) is 0.0455. The summed E-state index contributed by atoms with van der Waals surface area (Å²) in [6.45, 7) is 0.464. The van der Waals surface area contributed by atoms with Crippen molar-refractivity contribution in [2.45, 2.75) is 6.54 Å². The minimum absolute atomic E-state index is 0.161. The first-order valence-corrected chi connectivity index (χ1v) is 10.0. The molecule has 0 aliphatic carbocycles. The zero-order valence-electron chi connectivity index (χ0n) is 15.3. The second kappa shape index (κ2) is 9.95. The van der Waals surface area contributed by atoms with Gasteiger partial charge in [-0.2, -0.15) is 0 Å². The third-order valence-electron chi connectivity index (χ3n) is 4.01. The Labute approximate surface area is 182 Å².